The van der Waals surface area contributed by atoms with Crippen LogP contribution in [0.4, 0.5) is 0 Å². The van der Waals surface area contributed by atoms with Gasteiger partial charge in [0.1, 0.15) is 0 Å². The molecule has 1 unspecified atom stereocenters. The third-order valence-electron chi connectivity index (χ3n) is 3.61. The van der Waals surface area contributed by atoms with Gasteiger partial charge in [0.25, 0.3) is 5.91 Å². The van der Waals surface area contributed by atoms with E-state index in [1.54, 1.807) is 0 Å². The minimum Gasteiger partial charge on any atom is -0.366 e. The largest absolute Gasteiger partial charge is 0.366 e. The van der Waals surface area contributed by atoms with Gasteiger partial charge in [0.15, 0.2) is 11.5 Å². The fourth-order valence-electron chi connectivity index (χ4n) is 3.06. The predicted octanol–water partition coefficient (Wildman–Crippen LogP) is 1.58. The highest BCUT2D eigenvalue weighted by atomic mass is 16.5. The molecule has 108 valence electrons. The van der Waals surface area contributed by atoms with Gasteiger partial charge in [-0.2, -0.15) is 0 Å². The highest BCUT2D eigenvalue weighted by molar-refractivity contribution is 6.08. The Morgan fingerprint density at radius 1 is 1.26 bits per heavy atom. The lowest BCUT2D eigenvalue weighted by molar-refractivity contribution is -0.131. The zero-order valence-electron chi connectivity index (χ0n) is 13.0. The number of aliphatic imine (C=N–C) groups is 1. The minimum atomic E-state index is -0.829. The van der Waals surface area contributed by atoms with Gasteiger partial charge in [0, 0.05) is 12.0 Å². The van der Waals surface area contributed by atoms with Crippen LogP contribution in [0.15, 0.2) is 4.99 Å². The van der Waals surface area contributed by atoms with E-state index in [0.717, 1.165) is 0 Å². The average Bonchev–Trinajstić information content (AvgIpc) is 2.45. The summed E-state index contributed by atoms with van der Waals surface area (Å²) in [6.45, 7) is 14.0. The fourth-order valence-corrected chi connectivity index (χ4v) is 3.06. The number of ether oxygens (including phenoxy) is 1. The van der Waals surface area contributed by atoms with Crippen LogP contribution in [0, 0.1) is 0 Å². The highest BCUT2D eigenvalue weighted by Gasteiger charge is 2.64. The van der Waals surface area contributed by atoms with Crippen LogP contribution >= 0.6 is 0 Å². The average molecular weight is 267 g/mol. The summed E-state index contributed by atoms with van der Waals surface area (Å²) in [5, 5.41) is 6.08. The summed E-state index contributed by atoms with van der Waals surface area (Å²) in [5.41, 5.74) is -1.93. The van der Waals surface area contributed by atoms with E-state index in [-0.39, 0.29) is 17.0 Å². The molecule has 0 aromatic heterocycles. The van der Waals surface area contributed by atoms with Gasteiger partial charge in [-0.3, -0.25) is 10.1 Å². The topological polar surface area (TPSA) is 62.7 Å². The van der Waals surface area contributed by atoms with E-state index in [9.17, 15) is 4.79 Å². The zero-order chi connectivity index (χ0) is 14.7. The maximum absolute atomic E-state index is 12.5. The summed E-state index contributed by atoms with van der Waals surface area (Å²) < 4.78 is 6.03. The van der Waals surface area contributed by atoms with Gasteiger partial charge >= 0.3 is 0 Å². The van der Waals surface area contributed by atoms with Crippen molar-refractivity contribution in [1.82, 2.24) is 10.6 Å². The molecule has 1 saturated heterocycles. The first-order valence-electron chi connectivity index (χ1n) is 6.77. The van der Waals surface area contributed by atoms with Crippen molar-refractivity contribution in [3.8, 4) is 0 Å². The number of carbonyl (C=O) groups excluding carboxylic acids is 1. The van der Waals surface area contributed by atoms with Crippen molar-refractivity contribution >= 4 is 11.9 Å². The summed E-state index contributed by atoms with van der Waals surface area (Å²) in [7, 11) is 0. The van der Waals surface area contributed by atoms with E-state index in [2.05, 4.69) is 15.6 Å². The Kier molecular flexibility index (Phi) is 2.80. The lowest BCUT2D eigenvalue weighted by atomic mass is 9.79. The van der Waals surface area contributed by atoms with Gasteiger partial charge in [-0.25, -0.2) is 4.99 Å². The Labute approximate surface area is 115 Å². The number of rotatable bonds is 0. The molecule has 1 atom stereocenters. The molecule has 0 aromatic rings. The van der Waals surface area contributed by atoms with Gasteiger partial charge in [-0.05, 0) is 48.5 Å². The molecule has 2 aliphatic rings. The molecule has 0 saturated carbocycles. The number of nitrogens with zero attached hydrogens (tertiary/aromatic N) is 1. The molecular formula is C14H25N3O2. The van der Waals surface area contributed by atoms with E-state index in [1.807, 2.05) is 48.5 Å². The van der Waals surface area contributed by atoms with Gasteiger partial charge in [0.05, 0.1) is 11.2 Å². The summed E-state index contributed by atoms with van der Waals surface area (Å²) >= 11 is 0. The van der Waals surface area contributed by atoms with E-state index in [1.165, 1.54) is 0 Å². The van der Waals surface area contributed by atoms with Crippen molar-refractivity contribution in [3.05, 3.63) is 0 Å². The first kappa shape index (κ1) is 14.3. The summed E-state index contributed by atoms with van der Waals surface area (Å²) in [6.07, 6.45) is 0.591. The highest BCUT2D eigenvalue weighted by Crippen LogP contribution is 2.48. The van der Waals surface area contributed by atoms with Crippen LogP contribution < -0.4 is 10.6 Å². The van der Waals surface area contributed by atoms with E-state index in [4.69, 9.17) is 4.74 Å². The summed E-state index contributed by atoms with van der Waals surface area (Å²) in [5.74, 6) is 0.474. The maximum Gasteiger partial charge on any atom is 0.257 e. The van der Waals surface area contributed by atoms with Crippen LogP contribution in [-0.4, -0.2) is 34.1 Å². The Bertz CT molecular complexity index is 446. The predicted molar refractivity (Wildman–Crippen MR) is 75.1 cm³/mol. The number of nitrogens with one attached hydrogen (secondary N) is 2. The molecule has 2 heterocycles. The van der Waals surface area contributed by atoms with Crippen molar-refractivity contribution in [2.75, 3.05) is 0 Å². The van der Waals surface area contributed by atoms with Crippen molar-refractivity contribution in [2.24, 2.45) is 4.99 Å². The van der Waals surface area contributed by atoms with Crippen LogP contribution in [0.5, 0.6) is 0 Å². The van der Waals surface area contributed by atoms with Gasteiger partial charge < -0.3 is 10.1 Å². The van der Waals surface area contributed by atoms with E-state index < -0.39 is 11.1 Å². The van der Waals surface area contributed by atoms with Crippen molar-refractivity contribution < 1.29 is 9.53 Å². The molecule has 1 amide bonds. The van der Waals surface area contributed by atoms with E-state index in [0.29, 0.717) is 12.4 Å². The molecule has 1 spiro atoms. The minimum absolute atomic E-state index is 0.0742. The van der Waals surface area contributed by atoms with Crippen LogP contribution in [0.1, 0.15) is 54.9 Å². The standard InChI is InChI=1S/C14H25N3O2/c1-11(2,3)16-10-15-9(18)14(17-10)8-12(4,5)19-13(14,6)7/h8H2,1-7H3,(H2,15,16,17,18). The molecule has 0 aromatic carbocycles. The van der Waals surface area contributed by atoms with Crippen LogP contribution in [-0.2, 0) is 9.53 Å². The quantitative estimate of drug-likeness (QED) is 0.700. The van der Waals surface area contributed by atoms with Gasteiger partial charge in [-0.1, -0.05) is 0 Å². The van der Waals surface area contributed by atoms with Gasteiger partial charge in [0.2, 0.25) is 0 Å². The SMILES string of the molecule is CC(C)(C)NC1=NC2(CC(C)(C)OC2(C)C)C(=O)N1. The molecule has 0 bridgehead atoms. The van der Waals surface area contributed by atoms with Crippen LogP contribution in [0.3, 0.4) is 0 Å². The molecule has 2 aliphatic heterocycles. The van der Waals surface area contributed by atoms with E-state index >= 15 is 0 Å². The normalized spacial score (nSPS) is 32.4. The molecule has 5 nitrogen and oxygen atoms in total. The number of hydrogen-bond donors (Lipinski definition) is 2. The summed E-state index contributed by atoms with van der Waals surface area (Å²) in [6, 6.07) is 0. The third-order valence-corrected chi connectivity index (χ3v) is 3.61. The number of hydrogen-bond acceptors (Lipinski definition) is 4. The molecule has 19 heavy (non-hydrogen) atoms. The molecule has 5 heteroatoms. The first-order chi connectivity index (χ1) is 8.37. The van der Waals surface area contributed by atoms with Crippen molar-refractivity contribution in [2.45, 2.75) is 77.2 Å². The second-order valence-electron chi connectivity index (χ2n) is 7.70. The second-order valence-corrected chi connectivity index (χ2v) is 7.70. The van der Waals surface area contributed by atoms with Crippen LogP contribution in [0.2, 0.25) is 0 Å². The molecule has 0 radical (unpaired) electrons. The van der Waals surface area contributed by atoms with Gasteiger partial charge in [-0.15, -0.1) is 0 Å². The monoisotopic (exact) mass is 267 g/mol. The van der Waals surface area contributed by atoms with Crippen molar-refractivity contribution in [3.63, 3.8) is 0 Å². The number of carbonyl (C=O) groups is 1. The van der Waals surface area contributed by atoms with Crippen molar-refractivity contribution in [1.29, 1.82) is 0 Å². The Hall–Kier alpha value is -1.10. The lowest BCUT2D eigenvalue weighted by Crippen LogP contribution is -2.52. The maximum atomic E-state index is 12.5. The Morgan fingerprint density at radius 3 is 2.26 bits per heavy atom. The molecular weight excluding hydrogens is 242 g/mol. The first-order valence-corrected chi connectivity index (χ1v) is 6.77. The lowest BCUT2D eigenvalue weighted by Gasteiger charge is -2.31. The third kappa shape index (κ3) is 2.36. The Morgan fingerprint density at radius 2 is 1.84 bits per heavy atom. The molecule has 2 rings (SSSR count). The Balaban J connectivity index is 2.36. The molecule has 2 N–H and O–H groups in total. The second kappa shape index (κ2) is 3.72. The van der Waals surface area contributed by atoms with Crippen LogP contribution in [0.25, 0.3) is 0 Å². The molecule has 1 fully saturated rings. The summed E-state index contributed by atoms with van der Waals surface area (Å²) in [4.78, 5) is 17.1. The fraction of sp³-hybridized carbons (Fsp3) is 0.857. The zero-order valence-corrected chi connectivity index (χ0v) is 13.0. The molecule has 0 aliphatic carbocycles. The number of amides is 1. The number of guanidine groups is 1. The smallest absolute Gasteiger partial charge is 0.257 e.